The van der Waals surface area contributed by atoms with E-state index in [4.69, 9.17) is 25.8 Å². The summed E-state index contributed by atoms with van der Waals surface area (Å²) in [5, 5.41) is 12.0. The lowest BCUT2D eigenvalue weighted by Gasteiger charge is -2.24. The minimum atomic E-state index is -1.10. The molecule has 1 unspecified atom stereocenters. The van der Waals surface area contributed by atoms with Crippen molar-refractivity contribution < 1.29 is 33.7 Å². The molecule has 2 heterocycles. The number of hydrogen-bond acceptors (Lipinski definition) is 9. The Labute approximate surface area is 263 Å². The molecule has 11 heteroatoms. The fourth-order valence-corrected chi connectivity index (χ4v) is 5.91. The van der Waals surface area contributed by atoms with Gasteiger partial charge in [-0.05, 0) is 68.3 Å². The van der Waals surface area contributed by atoms with Gasteiger partial charge in [-0.15, -0.1) is 0 Å². The number of hydrogen-bond donors (Lipinski definition) is 1. The molecule has 1 fully saturated rings. The normalized spacial score (nSPS) is 15.8. The zero-order chi connectivity index (χ0) is 31.4. The molecule has 1 saturated heterocycles. The lowest BCUT2D eigenvalue weighted by molar-refractivity contribution is -0.132. The first-order chi connectivity index (χ1) is 21.2. The number of ether oxygens (including phenoxy) is 3. The van der Waals surface area contributed by atoms with Crippen molar-refractivity contribution in [2.45, 2.75) is 33.4 Å². The Balaban J connectivity index is 1.64. The third kappa shape index (κ3) is 6.17. The fourth-order valence-electron chi connectivity index (χ4n) is 4.80. The molecule has 0 aliphatic carbocycles. The van der Waals surface area contributed by atoms with Crippen molar-refractivity contribution in [2.24, 2.45) is 0 Å². The highest BCUT2D eigenvalue weighted by Crippen LogP contribution is 2.45. The monoisotopic (exact) mass is 632 g/mol. The number of esters is 1. The highest BCUT2D eigenvalue weighted by atomic mass is 35.5. The summed E-state index contributed by atoms with van der Waals surface area (Å²) in [5.74, 6) is -1.92. The molecule has 1 atom stereocenters. The summed E-state index contributed by atoms with van der Waals surface area (Å²) in [7, 11) is 0. The standard InChI is InChI=1S/C33H29ClN2O7S/c1-4-41-25-17-22(13-16-24(25)43-18-20-9-7-6-8-10-20)27-26(28(37)21-11-14-23(34)15-12-21)29(38)31(39)36(27)33-35-19(3)30(44-33)32(40)42-5-2/h6-17,27,37H,4-5,18H2,1-3H3. The van der Waals surface area contributed by atoms with E-state index in [2.05, 4.69) is 4.98 Å². The number of halogens is 1. The Hall–Kier alpha value is -4.67. The third-order valence-corrected chi connectivity index (χ3v) is 8.22. The van der Waals surface area contributed by atoms with E-state index in [1.807, 2.05) is 37.3 Å². The van der Waals surface area contributed by atoms with Gasteiger partial charge in [0.25, 0.3) is 5.78 Å². The topological polar surface area (TPSA) is 115 Å². The van der Waals surface area contributed by atoms with Crippen LogP contribution in [0.2, 0.25) is 5.02 Å². The molecular weight excluding hydrogens is 604 g/mol. The second-order valence-corrected chi connectivity index (χ2v) is 11.1. The van der Waals surface area contributed by atoms with E-state index in [1.54, 1.807) is 56.3 Å². The van der Waals surface area contributed by atoms with Crippen molar-refractivity contribution in [3.05, 3.63) is 111 Å². The quantitative estimate of drug-likeness (QED) is 0.0870. The van der Waals surface area contributed by atoms with Crippen LogP contribution in [0.5, 0.6) is 11.5 Å². The van der Waals surface area contributed by atoms with E-state index in [1.165, 1.54) is 4.90 Å². The molecule has 226 valence electrons. The summed E-state index contributed by atoms with van der Waals surface area (Å²) in [6.07, 6.45) is 0. The summed E-state index contributed by atoms with van der Waals surface area (Å²) >= 11 is 6.98. The number of benzene rings is 3. The van der Waals surface area contributed by atoms with Crippen molar-refractivity contribution in [2.75, 3.05) is 18.1 Å². The number of carbonyl (C=O) groups is 3. The Morgan fingerprint density at radius 1 is 0.977 bits per heavy atom. The first-order valence-corrected chi connectivity index (χ1v) is 15.1. The largest absolute Gasteiger partial charge is 0.507 e. The van der Waals surface area contributed by atoms with E-state index in [9.17, 15) is 19.5 Å². The molecule has 0 bridgehead atoms. The molecule has 3 aromatic carbocycles. The van der Waals surface area contributed by atoms with E-state index < -0.39 is 23.7 Å². The molecule has 0 radical (unpaired) electrons. The first kappa shape index (κ1) is 30.8. The van der Waals surface area contributed by atoms with Crippen molar-refractivity contribution >= 4 is 51.5 Å². The van der Waals surface area contributed by atoms with Gasteiger partial charge in [0.1, 0.15) is 17.2 Å². The molecule has 5 rings (SSSR count). The molecular formula is C33H29ClN2O7S. The highest BCUT2D eigenvalue weighted by molar-refractivity contribution is 7.17. The predicted molar refractivity (Wildman–Crippen MR) is 167 cm³/mol. The number of thiazole rings is 1. The Bertz CT molecular complexity index is 1730. The van der Waals surface area contributed by atoms with Crippen molar-refractivity contribution in [3.8, 4) is 11.5 Å². The van der Waals surface area contributed by atoms with Crippen molar-refractivity contribution in [1.29, 1.82) is 0 Å². The molecule has 1 aliphatic rings. The summed E-state index contributed by atoms with van der Waals surface area (Å²) in [5.41, 5.74) is 1.92. The van der Waals surface area contributed by atoms with Crippen LogP contribution in [0.25, 0.3) is 5.76 Å². The highest BCUT2D eigenvalue weighted by Gasteiger charge is 2.48. The lowest BCUT2D eigenvalue weighted by atomic mass is 9.95. The number of aliphatic hydroxyl groups excluding tert-OH is 1. The van der Waals surface area contributed by atoms with E-state index in [-0.39, 0.29) is 27.9 Å². The van der Waals surface area contributed by atoms with Crippen LogP contribution in [0.4, 0.5) is 5.13 Å². The number of anilines is 1. The van der Waals surface area contributed by atoms with Gasteiger partial charge in [-0.1, -0.05) is 59.3 Å². The molecule has 9 nitrogen and oxygen atoms in total. The van der Waals surface area contributed by atoms with Gasteiger partial charge in [0.05, 0.1) is 30.5 Å². The number of carbonyl (C=O) groups excluding carboxylic acids is 3. The Kier molecular flexibility index (Phi) is 9.32. The summed E-state index contributed by atoms with van der Waals surface area (Å²) in [6.45, 7) is 5.92. The molecule has 44 heavy (non-hydrogen) atoms. The molecule has 1 amide bonds. The maximum atomic E-state index is 13.6. The number of aromatic nitrogens is 1. The van der Waals surface area contributed by atoms with Gasteiger partial charge in [-0.3, -0.25) is 14.5 Å². The number of aryl methyl sites for hydroxylation is 1. The number of nitrogens with zero attached hydrogens (tertiary/aromatic N) is 2. The van der Waals surface area contributed by atoms with Crippen LogP contribution in [-0.2, 0) is 20.9 Å². The van der Waals surface area contributed by atoms with Gasteiger partial charge in [0.15, 0.2) is 16.6 Å². The molecule has 1 N–H and O–H groups in total. The van der Waals surface area contributed by atoms with Crippen LogP contribution in [0, 0.1) is 6.92 Å². The second kappa shape index (κ2) is 13.3. The predicted octanol–water partition coefficient (Wildman–Crippen LogP) is 6.89. The van der Waals surface area contributed by atoms with E-state index >= 15 is 0 Å². The smallest absolute Gasteiger partial charge is 0.350 e. The number of Topliss-reactive ketones (excluding diaryl/α,β-unsaturated/α-hetero) is 1. The van der Waals surface area contributed by atoms with Crippen LogP contribution in [0.1, 0.15) is 51.9 Å². The van der Waals surface area contributed by atoms with Gasteiger partial charge in [-0.2, -0.15) is 0 Å². The van der Waals surface area contributed by atoms with Gasteiger partial charge in [-0.25, -0.2) is 9.78 Å². The second-order valence-electron chi connectivity index (χ2n) is 9.72. The number of rotatable bonds is 10. The SMILES string of the molecule is CCOC(=O)c1sc(N2C(=O)C(=O)C(=C(O)c3ccc(Cl)cc3)C2c2ccc(OCc3ccccc3)c(OCC)c2)nc1C. The zero-order valence-electron chi connectivity index (χ0n) is 24.2. The maximum absolute atomic E-state index is 13.6. The van der Waals surface area contributed by atoms with Crippen LogP contribution >= 0.6 is 22.9 Å². The minimum absolute atomic E-state index is 0.107. The maximum Gasteiger partial charge on any atom is 0.350 e. The number of amides is 1. The van der Waals surface area contributed by atoms with Crippen LogP contribution < -0.4 is 14.4 Å². The Morgan fingerprint density at radius 2 is 1.70 bits per heavy atom. The van der Waals surface area contributed by atoms with Gasteiger partial charge in [0, 0.05) is 10.6 Å². The fraction of sp³-hybridized carbons (Fsp3) is 0.212. The van der Waals surface area contributed by atoms with Crippen LogP contribution in [0.3, 0.4) is 0 Å². The average Bonchev–Trinajstić information content (AvgIpc) is 3.53. The van der Waals surface area contributed by atoms with Crippen molar-refractivity contribution in [1.82, 2.24) is 4.98 Å². The number of ketones is 1. The molecule has 4 aromatic rings. The lowest BCUT2D eigenvalue weighted by Crippen LogP contribution is -2.29. The Morgan fingerprint density at radius 3 is 2.39 bits per heavy atom. The summed E-state index contributed by atoms with van der Waals surface area (Å²) in [6, 6.07) is 19.9. The van der Waals surface area contributed by atoms with Crippen LogP contribution in [0.15, 0.2) is 78.4 Å². The van der Waals surface area contributed by atoms with E-state index in [0.29, 0.717) is 46.6 Å². The summed E-state index contributed by atoms with van der Waals surface area (Å²) in [4.78, 5) is 45.7. The minimum Gasteiger partial charge on any atom is -0.507 e. The molecule has 1 aromatic heterocycles. The van der Waals surface area contributed by atoms with Gasteiger partial charge < -0.3 is 19.3 Å². The van der Waals surface area contributed by atoms with Crippen LogP contribution in [-0.4, -0.2) is 41.0 Å². The molecule has 0 spiro atoms. The number of aliphatic hydroxyl groups is 1. The molecule has 1 aliphatic heterocycles. The van der Waals surface area contributed by atoms with Crippen molar-refractivity contribution in [3.63, 3.8) is 0 Å². The summed E-state index contributed by atoms with van der Waals surface area (Å²) < 4.78 is 17.1. The molecule has 0 saturated carbocycles. The zero-order valence-corrected chi connectivity index (χ0v) is 25.8. The average molecular weight is 633 g/mol. The van der Waals surface area contributed by atoms with E-state index in [0.717, 1.165) is 16.9 Å². The third-order valence-electron chi connectivity index (χ3n) is 6.83. The van der Waals surface area contributed by atoms with Gasteiger partial charge in [0.2, 0.25) is 0 Å². The first-order valence-electron chi connectivity index (χ1n) is 13.9. The van der Waals surface area contributed by atoms with Gasteiger partial charge >= 0.3 is 11.9 Å².